The minimum absolute atomic E-state index is 0.241. The summed E-state index contributed by atoms with van der Waals surface area (Å²) in [7, 11) is 0. The molecule has 0 amide bonds. The zero-order valence-electron chi connectivity index (χ0n) is 6.83. The number of rotatable bonds is 3. The maximum atomic E-state index is 5.66. The summed E-state index contributed by atoms with van der Waals surface area (Å²) in [5, 5.41) is 2.99. The van der Waals surface area contributed by atoms with E-state index >= 15 is 0 Å². The molecular formula is C8H14N4. The van der Waals surface area contributed by atoms with Crippen LogP contribution in [0.3, 0.4) is 0 Å². The number of benzene rings is 1. The average Bonchev–Trinajstić information content (AvgIpc) is 2.09. The van der Waals surface area contributed by atoms with Crippen molar-refractivity contribution in [3.8, 4) is 0 Å². The van der Waals surface area contributed by atoms with Crippen LogP contribution >= 0.6 is 0 Å². The van der Waals surface area contributed by atoms with E-state index in [4.69, 9.17) is 17.2 Å². The third kappa shape index (κ3) is 2.11. The van der Waals surface area contributed by atoms with E-state index in [2.05, 4.69) is 5.32 Å². The zero-order valence-corrected chi connectivity index (χ0v) is 6.83. The van der Waals surface area contributed by atoms with Gasteiger partial charge >= 0.3 is 0 Å². The van der Waals surface area contributed by atoms with E-state index in [1.165, 1.54) is 0 Å². The van der Waals surface area contributed by atoms with Gasteiger partial charge in [-0.1, -0.05) is 12.1 Å². The summed E-state index contributed by atoms with van der Waals surface area (Å²) in [5.41, 5.74) is 18.1. The van der Waals surface area contributed by atoms with Crippen molar-refractivity contribution in [3.05, 3.63) is 24.3 Å². The van der Waals surface area contributed by atoms with Crippen LogP contribution in [0.5, 0.6) is 0 Å². The predicted octanol–water partition coefficient (Wildman–Crippen LogP) is -0.0758. The Kier molecular flexibility index (Phi) is 2.90. The fraction of sp³-hybridized carbons (Fsp3) is 0.250. The van der Waals surface area contributed by atoms with Gasteiger partial charge in [-0.2, -0.15) is 0 Å². The molecule has 0 heterocycles. The third-order valence-electron chi connectivity index (χ3n) is 1.56. The molecule has 0 aromatic heterocycles. The number of hydrogen-bond donors (Lipinski definition) is 4. The van der Waals surface area contributed by atoms with Crippen molar-refractivity contribution in [2.24, 2.45) is 11.5 Å². The molecule has 0 saturated carbocycles. The van der Waals surface area contributed by atoms with E-state index < -0.39 is 0 Å². The molecule has 1 rings (SSSR count). The van der Waals surface area contributed by atoms with Gasteiger partial charge < -0.3 is 22.5 Å². The van der Waals surface area contributed by atoms with Crippen LogP contribution in [0.2, 0.25) is 0 Å². The second-order valence-corrected chi connectivity index (χ2v) is 2.57. The summed E-state index contributed by atoms with van der Waals surface area (Å²) in [4.78, 5) is 0. The normalized spacial score (nSPS) is 12.5. The summed E-state index contributed by atoms with van der Waals surface area (Å²) in [6.45, 7) is 0.383. The molecule has 4 heteroatoms. The molecule has 0 aliphatic heterocycles. The minimum Gasteiger partial charge on any atom is -0.397 e. The molecule has 1 aromatic carbocycles. The Hall–Kier alpha value is -1.26. The number of anilines is 2. The number of nitrogens with two attached hydrogens (primary N) is 3. The molecule has 4 nitrogen and oxygen atoms in total. The first-order valence-electron chi connectivity index (χ1n) is 3.80. The molecule has 0 spiro atoms. The maximum absolute atomic E-state index is 5.66. The molecule has 0 saturated heterocycles. The number of hydrogen-bond acceptors (Lipinski definition) is 4. The standard InChI is InChI=1S/C8H14N4/c9-5-8(11)12-7-4-2-1-3-6(7)10/h1-4,8,12H,5,9-11H2. The number of para-hydroxylation sites is 2. The minimum atomic E-state index is -0.241. The van der Waals surface area contributed by atoms with E-state index in [1.807, 2.05) is 24.3 Å². The van der Waals surface area contributed by atoms with E-state index in [0.717, 1.165) is 5.69 Å². The highest BCUT2D eigenvalue weighted by atomic mass is 15.1. The number of nitrogens with one attached hydrogen (secondary N) is 1. The smallest absolute Gasteiger partial charge is 0.0869 e. The van der Waals surface area contributed by atoms with Crippen molar-refractivity contribution < 1.29 is 0 Å². The van der Waals surface area contributed by atoms with Gasteiger partial charge in [0, 0.05) is 6.54 Å². The predicted molar refractivity (Wildman–Crippen MR) is 51.5 cm³/mol. The molecule has 0 radical (unpaired) electrons. The summed E-state index contributed by atoms with van der Waals surface area (Å²) in [6.07, 6.45) is -0.241. The van der Waals surface area contributed by atoms with Crippen molar-refractivity contribution in [1.29, 1.82) is 0 Å². The fourth-order valence-electron chi connectivity index (χ4n) is 0.887. The maximum Gasteiger partial charge on any atom is 0.0869 e. The third-order valence-corrected chi connectivity index (χ3v) is 1.56. The van der Waals surface area contributed by atoms with Crippen LogP contribution in [0.25, 0.3) is 0 Å². The molecule has 12 heavy (non-hydrogen) atoms. The van der Waals surface area contributed by atoms with Crippen molar-refractivity contribution in [1.82, 2.24) is 0 Å². The van der Waals surface area contributed by atoms with Crippen molar-refractivity contribution in [2.45, 2.75) is 6.17 Å². The molecule has 1 atom stereocenters. The Morgan fingerprint density at radius 3 is 2.58 bits per heavy atom. The second-order valence-electron chi connectivity index (χ2n) is 2.57. The Bertz CT molecular complexity index is 249. The van der Waals surface area contributed by atoms with Gasteiger partial charge in [0.05, 0.1) is 17.5 Å². The molecule has 0 aliphatic carbocycles. The van der Waals surface area contributed by atoms with Gasteiger partial charge in [-0.15, -0.1) is 0 Å². The summed E-state index contributed by atoms with van der Waals surface area (Å²) >= 11 is 0. The van der Waals surface area contributed by atoms with Crippen LogP contribution in [-0.4, -0.2) is 12.7 Å². The van der Waals surface area contributed by atoms with Gasteiger partial charge in [0.1, 0.15) is 0 Å². The van der Waals surface area contributed by atoms with Crippen LogP contribution in [0.15, 0.2) is 24.3 Å². The Labute approximate surface area is 71.7 Å². The molecule has 0 fully saturated rings. The lowest BCUT2D eigenvalue weighted by atomic mass is 10.2. The highest BCUT2D eigenvalue weighted by molar-refractivity contribution is 5.65. The molecule has 66 valence electrons. The van der Waals surface area contributed by atoms with Gasteiger partial charge in [-0.3, -0.25) is 0 Å². The van der Waals surface area contributed by atoms with Crippen molar-refractivity contribution >= 4 is 11.4 Å². The highest BCUT2D eigenvalue weighted by Gasteiger charge is 2.00. The topological polar surface area (TPSA) is 90.1 Å². The first-order valence-corrected chi connectivity index (χ1v) is 3.80. The van der Waals surface area contributed by atoms with Gasteiger partial charge in [0.15, 0.2) is 0 Å². The monoisotopic (exact) mass is 166 g/mol. The highest BCUT2D eigenvalue weighted by Crippen LogP contribution is 2.16. The van der Waals surface area contributed by atoms with Gasteiger partial charge in [-0.25, -0.2) is 0 Å². The van der Waals surface area contributed by atoms with Gasteiger partial charge in [-0.05, 0) is 12.1 Å². The molecule has 0 bridgehead atoms. The molecule has 1 aromatic rings. The van der Waals surface area contributed by atoms with Gasteiger partial charge in [0.25, 0.3) is 0 Å². The average molecular weight is 166 g/mol. The first kappa shape index (κ1) is 8.83. The Morgan fingerprint density at radius 1 is 1.33 bits per heavy atom. The molecule has 1 unspecified atom stereocenters. The van der Waals surface area contributed by atoms with Crippen LogP contribution in [0, 0.1) is 0 Å². The van der Waals surface area contributed by atoms with E-state index in [-0.39, 0.29) is 6.17 Å². The lowest BCUT2D eigenvalue weighted by Gasteiger charge is -2.14. The first-order chi connectivity index (χ1) is 5.74. The number of nitrogen functional groups attached to an aromatic ring is 1. The van der Waals surface area contributed by atoms with Gasteiger partial charge in [0.2, 0.25) is 0 Å². The lowest BCUT2D eigenvalue weighted by Crippen LogP contribution is -2.37. The Morgan fingerprint density at radius 2 is 2.00 bits per heavy atom. The molecule has 0 aliphatic rings. The fourth-order valence-corrected chi connectivity index (χ4v) is 0.887. The van der Waals surface area contributed by atoms with Crippen LogP contribution in [-0.2, 0) is 0 Å². The van der Waals surface area contributed by atoms with Crippen LogP contribution < -0.4 is 22.5 Å². The summed E-state index contributed by atoms with van der Waals surface area (Å²) in [5.74, 6) is 0. The quantitative estimate of drug-likeness (QED) is 0.373. The van der Waals surface area contributed by atoms with E-state index in [9.17, 15) is 0 Å². The van der Waals surface area contributed by atoms with Crippen LogP contribution in [0.4, 0.5) is 11.4 Å². The summed E-state index contributed by atoms with van der Waals surface area (Å²) < 4.78 is 0. The lowest BCUT2D eigenvalue weighted by molar-refractivity contribution is 0.768. The SMILES string of the molecule is NCC(N)Nc1ccccc1N. The second kappa shape index (κ2) is 3.94. The molecular weight excluding hydrogens is 152 g/mol. The van der Waals surface area contributed by atoms with Crippen LogP contribution in [0.1, 0.15) is 0 Å². The largest absolute Gasteiger partial charge is 0.397 e. The molecule has 7 N–H and O–H groups in total. The van der Waals surface area contributed by atoms with Crippen molar-refractivity contribution in [2.75, 3.05) is 17.6 Å². The summed E-state index contributed by atoms with van der Waals surface area (Å²) in [6, 6.07) is 7.44. The zero-order chi connectivity index (χ0) is 8.97. The van der Waals surface area contributed by atoms with Crippen molar-refractivity contribution in [3.63, 3.8) is 0 Å². The van der Waals surface area contributed by atoms with E-state index in [1.54, 1.807) is 0 Å². The Balaban J connectivity index is 2.69. The van der Waals surface area contributed by atoms with E-state index in [0.29, 0.717) is 12.2 Å².